The van der Waals surface area contributed by atoms with Crippen molar-refractivity contribution in [3.63, 3.8) is 0 Å². The maximum atomic E-state index is 10.5. The average molecular weight is 235 g/mol. The van der Waals surface area contributed by atoms with E-state index in [1.54, 1.807) is 18.2 Å². The second kappa shape index (κ2) is 5.79. The summed E-state index contributed by atoms with van der Waals surface area (Å²) in [5.41, 5.74) is 1.73. The highest BCUT2D eigenvalue weighted by Gasteiger charge is 2.06. The number of nitro benzene ring substituents is 1. The van der Waals surface area contributed by atoms with E-state index in [0.29, 0.717) is 6.42 Å². The summed E-state index contributed by atoms with van der Waals surface area (Å²) >= 11 is 0. The summed E-state index contributed by atoms with van der Waals surface area (Å²) in [6, 6.07) is 6.10. The van der Waals surface area contributed by atoms with Crippen molar-refractivity contribution in [1.82, 2.24) is 0 Å². The zero-order valence-electron chi connectivity index (χ0n) is 9.42. The van der Waals surface area contributed by atoms with E-state index in [1.807, 2.05) is 6.92 Å². The van der Waals surface area contributed by atoms with Gasteiger partial charge < -0.3 is 5.11 Å². The molecule has 0 radical (unpaired) electrons. The zero-order valence-corrected chi connectivity index (χ0v) is 9.42. The van der Waals surface area contributed by atoms with Crippen molar-refractivity contribution < 1.29 is 14.8 Å². The van der Waals surface area contributed by atoms with Crippen LogP contribution in [0.15, 0.2) is 30.3 Å². The molecular weight excluding hydrogens is 222 g/mol. The first kappa shape index (κ1) is 12.9. The van der Waals surface area contributed by atoms with Gasteiger partial charge in [-0.25, -0.2) is 0 Å². The molecule has 0 heterocycles. The van der Waals surface area contributed by atoms with Gasteiger partial charge in [-0.3, -0.25) is 14.9 Å². The lowest BCUT2D eigenvalue weighted by Crippen LogP contribution is -1.93. The van der Waals surface area contributed by atoms with Crippen molar-refractivity contribution in [2.45, 2.75) is 19.8 Å². The first-order valence-electron chi connectivity index (χ1n) is 5.20. The minimum atomic E-state index is -0.891. The van der Waals surface area contributed by atoms with Crippen LogP contribution in [0.2, 0.25) is 0 Å². The highest BCUT2D eigenvalue weighted by atomic mass is 16.6. The van der Waals surface area contributed by atoms with Gasteiger partial charge in [-0.1, -0.05) is 13.0 Å². The molecule has 90 valence electrons. The third-order valence-corrected chi connectivity index (χ3v) is 2.35. The van der Waals surface area contributed by atoms with Crippen LogP contribution in [-0.2, 0) is 4.79 Å². The van der Waals surface area contributed by atoms with E-state index in [4.69, 9.17) is 5.11 Å². The lowest BCUT2D eigenvalue weighted by atomic mass is 10.0. The minimum absolute atomic E-state index is 0.0300. The summed E-state index contributed by atoms with van der Waals surface area (Å²) in [5, 5.41) is 19.1. The maximum absolute atomic E-state index is 10.5. The lowest BCUT2D eigenvalue weighted by molar-refractivity contribution is -0.384. The second-order valence-corrected chi connectivity index (χ2v) is 3.48. The third kappa shape index (κ3) is 3.71. The van der Waals surface area contributed by atoms with Gasteiger partial charge in [0.15, 0.2) is 0 Å². The van der Waals surface area contributed by atoms with Gasteiger partial charge in [-0.05, 0) is 29.7 Å². The van der Waals surface area contributed by atoms with Crippen molar-refractivity contribution in [2.75, 3.05) is 0 Å². The van der Waals surface area contributed by atoms with Crippen LogP contribution in [0, 0.1) is 10.1 Å². The fraction of sp³-hybridized carbons (Fsp3) is 0.250. The van der Waals surface area contributed by atoms with E-state index in [9.17, 15) is 14.9 Å². The molecule has 0 unspecified atom stereocenters. The molecule has 0 spiro atoms. The molecule has 0 aliphatic rings. The van der Waals surface area contributed by atoms with E-state index in [-0.39, 0.29) is 12.1 Å². The third-order valence-electron chi connectivity index (χ3n) is 2.35. The Morgan fingerprint density at radius 3 is 2.41 bits per heavy atom. The molecule has 0 bridgehead atoms. The Balaban J connectivity index is 2.93. The average Bonchev–Trinajstić information content (AvgIpc) is 2.30. The van der Waals surface area contributed by atoms with E-state index in [0.717, 1.165) is 11.1 Å². The Morgan fingerprint density at radius 2 is 2.00 bits per heavy atom. The van der Waals surface area contributed by atoms with Crippen LogP contribution in [-0.4, -0.2) is 16.0 Å². The van der Waals surface area contributed by atoms with Crippen LogP contribution in [0.4, 0.5) is 5.69 Å². The molecule has 0 saturated heterocycles. The van der Waals surface area contributed by atoms with Gasteiger partial charge in [0.2, 0.25) is 0 Å². The van der Waals surface area contributed by atoms with Crippen LogP contribution in [0.1, 0.15) is 25.3 Å². The van der Waals surface area contributed by atoms with Crippen molar-refractivity contribution >= 4 is 17.2 Å². The molecule has 1 rings (SSSR count). The van der Waals surface area contributed by atoms with Crippen LogP contribution in [0.5, 0.6) is 0 Å². The Morgan fingerprint density at radius 1 is 1.41 bits per heavy atom. The standard InChI is InChI=1S/C12H13NO4/c1-2-9(5-8-12(14)15)10-3-6-11(7-4-10)13(16)17/h3-7H,2,8H2,1H3,(H,14,15)/b9-5+. The van der Waals surface area contributed by atoms with Gasteiger partial charge in [0.1, 0.15) is 0 Å². The normalized spacial score (nSPS) is 11.2. The molecule has 1 N–H and O–H groups in total. The van der Waals surface area contributed by atoms with Crippen LogP contribution in [0.25, 0.3) is 5.57 Å². The van der Waals surface area contributed by atoms with E-state index < -0.39 is 10.9 Å². The molecule has 17 heavy (non-hydrogen) atoms. The largest absolute Gasteiger partial charge is 0.481 e. The van der Waals surface area contributed by atoms with Crippen molar-refractivity contribution in [3.8, 4) is 0 Å². The molecule has 0 aliphatic carbocycles. The van der Waals surface area contributed by atoms with Crippen LogP contribution < -0.4 is 0 Å². The molecule has 0 aromatic heterocycles. The molecule has 0 fully saturated rings. The van der Waals surface area contributed by atoms with Crippen LogP contribution >= 0.6 is 0 Å². The Labute approximate surface area is 98.5 Å². The molecule has 0 amide bonds. The number of carboxylic acids is 1. The van der Waals surface area contributed by atoms with Crippen LogP contribution in [0.3, 0.4) is 0 Å². The fourth-order valence-corrected chi connectivity index (χ4v) is 1.47. The van der Waals surface area contributed by atoms with Gasteiger partial charge in [0, 0.05) is 12.1 Å². The Hall–Kier alpha value is -2.17. The summed E-state index contributed by atoms with van der Waals surface area (Å²) in [6.45, 7) is 1.91. The maximum Gasteiger partial charge on any atom is 0.307 e. The molecular formula is C12H13NO4. The van der Waals surface area contributed by atoms with E-state index in [1.165, 1.54) is 12.1 Å². The summed E-state index contributed by atoms with van der Waals surface area (Å²) in [5.74, 6) is -0.891. The molecule has 0 atom stereocenters. The summed E-state index contributed by atoms with van der Waals surface area (Å²) in [4.78, 5) is 20.5. The van der Waals surface area contributed by atoms with Gasteiger partial charge in [-0.2, -0.15) is 0 Å². The summed E-state index contributed by atoms with van der Waals surface area (Å²) < 4.78 is 0. The predicted octanol–water partition coefficient (Wildman–Crippen LogP) is 2.86. The molecule has 0 saturated carbocycles. The fourth-order valence-electron chi connectivity index (χ4n) is 1.47. The van der Waals surface area contributed by atoms with Gasteiger partial charge in [0.05, 0.1) is 11.3 Å². The summed E-state index contributed by atoms with van der Waals surface area (Å²) in [6.07, 6.45) is 2.27. The number of nitro groups is 1. The molecule has 1 aromatic carbocycles. The predicted molar refractivity (Wildman–Crippen MR) is 63.6 cm³/mol. The monoisotopic (exact) mass is 235 g/mol. The number of nitrogens with zero attached hydrogens (tertiary/aromatic N) is 1. The molecule has 5 heteroatoms. The number of benzene rings is 1. The van der Waals surface area contributed by atoms with E-state index in [2.05, 4.69) is 0 Å². The quantitative estimate of drug-likeness (QED) is 0.628. The number of aliphatic carboxylic acids is 1. The van der Waals surface area contributed by atoms with Gasteiger partial charge in [0.25, 0.3) is 5.69 Å². The molecule has 5 nitrogen and oxygen atoms in total. The lowest BCUT2D eigenvalue weighted by Gasteiger charge is -2.04. The van der Waals surface area contributed by atoms with Crippen molar-refractivity contribution in [2.24, 2.45) is 0 Å². The number of hydrogen-bond acceptors (Lipinski definition) is 3. The highest BCUT2D eigenvalue weighted by molar-refractivity contribution is 5.74. The van der Waals surface area contributed by atoms with E-state index >= 15 is 0 Å². The number of carboxylic acid groups (broad SMARTS) is 1. The van der Waals surface area contributed by atoms with Crippen molar-refractivity contribution in [1.29, 1.82) is 0 Å². The number of rotatable bonds is 5. The molecule has 0 aliphatic heterocycles. The van der Waals surface area contributed by atoms with Crippen molar-refractivity contribution in [3.05, 3.63) is 46.0 Å². The number of non-ortho nitro benzene ring substituents is 1. The van der Waals surface area contributed by atoms with Gasteiger partial charge >= 0.3 is 5.97 Å². The number of hydrogen-bond donors (Lipinski definition) is 1. The van der Waals surface area contributed by atoms with Gasteiger partial charge in [-0.15, -0.1) is 0 Å². The second-order valence-electron chi connectivity index (χ2n) is 3.48. The number of allylic oxidation sites excluding steroid dienone is 1. The minimum Gasteiger partial charge on any atom is -0.481 e. The number of carbonyl (C=O) groups is 1. The smallest absolute Gasteiger partial charge is 0.307 e. The Bertz CT molecular complexity index is 448. The molecule has 1 aromatic rings. The summed E-state index contributed by atoms with van der Waals surface area (Å²) in [7, 11) is 0. The topological polar surface area (TPSA) is 80.4 Å². The highest BCUT2D eigenvalue weighted by Crippen LogP contribution is 2.21. The SMILES string of the molecule is CC/C(=C\CC(=O)O)c1ccc([N+](=O)[O-])cc1. The Kier molecular flexibility index (Phi) is 4.39. The first-order chi connectivity index (χ1) is 8.04. The zero-order chi connectivity index (χ0) is 12.8. The first-order valence-corrected chi connectivity index (χ1v) is 5.20.